The molecule has 0 aliphatic carbocycles. The standard InChI is InChI=1S/C46H30N4O/c1-3-14-29(15-4-1)35-27-36(30-16-5-2-6-17-30)48-46(47-35)31-18-13-19-32(26-31)49-37-22-9-7-20-33(37)43-40(49)28-42-45-44(43)34-21-8-10-23-38(34)50(45)39-24-11-12-25-41(39)51-42/h1-26,28,35H,27H2. The molecular formula is C46H30N4O. The van der Waals surface area contributed by atoms with Gasteiger partial charge in [-0.1, -0.05) is 121 Å². The van der Waals surface area contributed by atoms with Crippen LogP contribution in [0.5, 0.6) is 11.5 Å². The number of amidine groups is 1. The Hall–Kier alpha value is -6.72. The van der Waals surface area contributed by atoms with E-state index in [2.05, 4.69) is 167 Å². The minimum absolute atomic E-state index is 0.0236. The van der Waals surface area contributed by atoms with E-state index in [-0.39, 0.29) is 6.04 Å². The number of hydrogen-bond acceptors (Lipinski definition) is 3. The molecule has 2 aliphatic heterocycles. The second-order valence-corrected chi connectivity index (χ2v) is 13.3. The van der Waals surface area contributed by atoms with Crippen molar-refractivity contribution >= 4 is 55.2 Å². The predicted molar refractivity (Wildman–Crippen MR) is 209 cm³/mol. The van der Waals surface area contributed by atoms with Crippen molar-refractivity contribution < 1.29 is 4.74 Å². The number of aliphatic imine (C=N–C) groups is 2. The second kappa shape index (κ2) is 10.9. The van der Waals surface area contributed by atoms with Gasteiger partial charge < -0.3 is 13.9 Å². The molecule has 0 saturated heterocycles. The normalized spacial score (nSPS) is 15.2. The van der Waals surface area contributed by atoms with Gasteiger partial charge in [0.25, 0.3) is 0 Å². The van der Waals surface area contributed by atoms with Crippen LogP contribution in [0.2, 0.25) is 0 Å². The van der Waals surface area contributed by atoms with E-state index < -0.39 is 0 Å². The second-order valence-electron chi connectivity index (χ2n) is 13.3. The van der Waals surface area contributed by atoms with Crippen molar-refractivity contribution in [2.75, 3.05) is 0 Å². The zero-order chi connectivity index (χ0) is 33.5. The maximum atomic E-state index is 6.73. The molecule has 2 aromatic heterocycles. The van der Waals surface area contributed by atoms with Gasteiger partial charge in [-0.25, -0.2) is 4.99 Å². The maximum Gasteiger partial charge on any atom is 0.155 e. The van der Waals surface area contributed by atoms with Crippen molar-refractivity contribution in [3.63, 3.8) is 0 Å². The quantitative estimate of drug-likeness (QED) is 0.186. The minimum Gasteiger partial charge on any atom is -0.453 e. The third kappa shape index (κ3) is 4.21. The summed E-state index contributed by atoms with van der Waals surface area (Å²) in [5.74, 6) is 2.45. The molecule has 7 aromatic carbocycles. The van der Waals surface area contributed by atoms with Gasteiger partial charge >= 0.3 is 0 Å². The summed E-state index contributed by atoms with van der Waals surface area (Å²) in [6.07, 6.45) is 0.750. The molecule has 0 spiro atoms. The van der Waals surface area contributed by atoms with Gasteiger partial charge in [0, 0.05) is 45.3 Å². The van der Waals surface area contributed by atoms with E-state index in [9.17, 15) is 0 Å². The molecule has 1 atom stereocenters. The molecule has 5 heteroatoms. The highest BCUT2D eigenvalue weighted by molar-refractivity contribution is 6.30. The molecule has 5 nitrogen and oxygen atoms in total. The summed E-state index contributed by atoms with van der Waals surface area (Å²) < 4.78 is 11.5. The van der Waals surface area contributed by atoms with Gasteiger partial charge in [0.2, 0.25) is 0 Å². The summed E-state index contributed by atoms with van der Waals surface area (Å²) in [7, 11) is 0. The highest BCUT2D eigenvalue weighted by atomic mass is 16.5. The van der Waals surface area contributed by atoms with Crippen molar-refractivity contribution in [2.45, 2.75) is 12.5 Å². The Labute approximate surface area is 294 Å². The van der Waals surface area contributed by atoms with Crippen LogP contribution in [-0.2, 0) is 0 Å². The van der Waals surface area contributed by atoms with Crippen LogP contribution in [0.4, 0.5) is 0 Å². The van der Waals surface area contributed by atoms with Crippen molar-refractivity contribution in [3.05, 3.63) is 180 Å². The molecular weight excluding hydrogens is 625 g/mol. The first-order valence-corrected chi connectivity index (χ1v) is 17.4. The minimum atomic E-state index is -0.0236. The first-order chi connectivity index (χ1) is 25.3. The molecule has 0 N–H and O–H groups in total. The van der Waals surface area contributed by atoms with Gasteiger partial charge in [-0.3, -0.25) is 4.99 Å². The Morgan fingerprint density at radius 1 is 0.529 bits per heavy atom. The Morgan fingerprint density at radius 2 is 1.20 bits per heavy atom. The molecule has 0 fully saturated rings. The van der Waals surface area contributed by atoms with Gasteiger partial charge in [0.1, 0.15) is 0 Å². The fraction of sp³-hybridized carbons (Fsp3) is 0.0435. The van der Waals surface area contributed by atoms with Crippen LogP contribution in [0, 0.1) is 0 Å². The molecule has 9 aromatic rings. The van der Waals surface area contributed by atoms with Crippen LogP contribution in [0.3, 0.4) is 0 Å². The summed E-state index contributed by atoms with van der Waals surface area (Å²) >= 11 is 0. The highest BCUT2D eigenvalue weighted by Crippen LogP contribution is 2.50. The Kier molecular flexibility index (Phi) is 6.01. The van der Waals surface area contributed by atoms with Gasteiger partial charge in [-0.05, 0) is 47.5 Å². The van der Waals surface area contributed by atoms with Crippen molar-refractivity contribution in [3.8, 4) is 22.9 Å². The van der Waals surface area contributed by atoms with Gasteiger partial charge in [0.15, 0.2) is 17.3 Å². The number of nitrogens with zero attached hydrogens (tertiary/aromatic N) is 4. The van der Waals surface area contributed by atoms with E-state index in [1.807, 2.05) is 6.07 Å². The number of fused-ring (bicyclic) bond motifs is 9. The zero-order valence-electron chi connectivity index (χ0n) is 27.6. The van der Waals surface area contributed by atoms with E-state index >= 15 is 0 Å². The number of hydrogen-bond donors (Lipinski definition) is 0. The third-order valence-corrected chi connectivity index (χ3v) is 10.4. The van der Waals surface area contributed by atoms with Crippen LogP contribution in [0.25, 0.3) is 55.0 Å². The van der Waals surface area contributed by atoms with Gasteiger partial charge in [-0.2, -0.15) is 0 Å². The fourth-order valence-corrected chi connectivity index (χ4v) is 8.21. The van der Waals surface area contributed by atoms with Crippen LogP contribution in [0.15, 0.2) is 174 Å². The maximum absolute atomic E-state index is 6.73. The molecule has 240 valence electrons. The number of benzene rings is 7. The SMILES string of the molecule is c1ccc(C2=NC(c3cccc(-n4c5ccccc5c5c6c7ccccc7n7c6c(cc54)Oc4ccccc4-7)c3)=NC(c3ccccc3)C2)cc1. The highest BCUT2D eigenvalue weighted by Gasteiger charge is 2.28. The molecule has 0 amide bonds. The van der Waals surface area contributed by atoms with Crippen LogP contribution in [0.1, 0.15) is 29.2 Å². The third-order valence-electron chi connectivity index (χ3n) is 10.4. The Morgan fingerprint density at radius 3 is 2.02 bits per heavy atom. The number of aromatic nitrogens is 2. The lowest BCUT2D eigenvalue weighted by molar-refractivity contribution is 0.477. The molecule has 4 heterocycles. The van der Waals surface area contributed by atoms with Crippen molar-refractivity contribution in [1.82, 2.24) is 9.13 Å². The van der Waals surface area contributed by atoms with Crippen LogP contribution < -0.4 is 4.74 Å². The number of rotatable bonds is 4. The number of para-hydroxylation sites is 4. The lowest BCUT2D eigenvalue weighted by Gasteiger charge is -2.22. The molecule has 0 bridgehead atoms. The smallest absolute Gasteiger partial charge is 0.155 e. The van der Waals surface area contributed by atoms with Crippen molar-refractivity contribution in [1.29, 1.82) is 0 Å². The van der Waals surface area contributed by atoms with Gasteiger partial charge in [-0.15, -0.1) is 0 Å². The van der Waals surface area contributed by atoms with E-state index in [0.29, 0.717) is 0 Å². The first-order valence-electron chi connectivity index (χ1n) is 17.4. The fourth-order valence-electron chi connectivity index (χ4n) is 8.21. The van der Waals surface area contributed by atoms with Gasteiger partial charge in [0.05, 0.1) is 39.5 Å². The van der Waals surface area contributed by atoms with Crippen LogP contribution in [-0.4, -0.2) is 20.7 Å². The van der Waals surface area contributed by atoms with E-state index in [1.165, 1.54) is 32.6 Å². The lowest BCUT2D eigenvalue weighted by Crippen LogP contribution is -2.17. The number of ether oxygens (including phenoxy) is 1. The molecule has 2 aliphatic rings. The van der Waals surface area contributed by atoms with Crippen LogP contribution >= 0.6 is 0 Å². The molecule has 51 heavy (non-hydrogen) atoms. The van der Waals surface area contributed by atoms with Crippen molar-refractivity contribution in [2.24, 2.45) is 9.98 Å². The largest absolute Gasteiger partial charge is 0.453 e. The Bertz CT molecular complexity index is 2910. The van der Waals surface area contributed by atoms with E-state index in [1.54, 1.807) is 0 Å². The summed E-state index contributed by atoms with van der Waals surface area (Å²) in [5.41, 5.74) is 11.0. The monoisotopic (exact) mass is 654 g/mol. The Balaban J connectivity index is 1.16. The molecule has 0 radical (unpaired) electrons. The summed E-state index contributed by atoms with van der Waals surface area (Å²) in [4.78, 5) is 10.5. The predicted octanol–water partition coefficient (Wildman–Crippen LogP) is 11.4. The van der Waals surface area contributed by atoms with E-state index in [0.717, 1.165) is 68.5 Å². The summed E-state index contributed by atoms with van der Waals surface area (Å²) in [5, 5.41) is 4.84. The lowest BCUT2D eigenvalue weighted by atomic mass is 9.96. The molecule has 11 rings (SSSR count). The zero-order valence-corrected chi connectivity index (χ0v) is 27.6. The molecule has 0 saturated carbocycles. The summed E-state index contributed by atoms with van der Waals surface area (Å²) in [6.45, 7) is 0. The topological polar surface area (TPSA) is 43.8 Å². The molecule has 1 unspecified atom stereocenters. The average molecular weight is 655 g/mol. The average Bonchev–Trinajstić information content (AvgIpc) is 3.72. The first kappa shape index (κ1) is 28.2. The van der Waals surface area contributed by atoms with E-state index in [4.69, 9.17) is 14.7 Å². The summed E-state index contributed by atoms with van der Waals surface area (Å²) in [6, 6.07) is 57.7.